The van der Waals surface area contributed by atoms with E-state index in [1.807, 2.05) is 0 Å². The molecule has 3 nitrogen and oxygen atoms in total. The van der Waals surface area contributed by atoms with E-state index < -0.39 is 0 Å². The van der Waals surface area contributed by atoms with E-state index in [2.05, 4.69) is 60.4 Å². The Bertz CT molecular complexity index is 372. The van der Waals surface area contributed by atoms with Crippen LogP contribution in [0.25, 0.3) is 0 Å². The fraction of sp³-hybridized carbons (Fsp3) is 0.625. The zero-order valence-corrected chi connectivity index (χ0v) is 12.5. The quantitative estimate of drug-likeness (QED) is 0.844. The van der Waals surface area contributed by atoms with Gasteiger partial charge in [0, 0.05) is 32.2 Å². The van der Waals surface area contributed by atoms with Gasteiger partial charge < -0.3 is 10.2 Å². The van der Waals surface area contributed by atoms with Crippen molar-refractivity contribution in [1.82, 2.24) is 15.1 Å². The molecule has 106 valence electrons. The van der Waals surface area contributed by atoms with Crippen molar-refractivity contribution in [2.75, 3.05) is 33.7 Å². The summed E-state index contributed by atoms with van der Waals surface area (Å²) in [5.41, 5.74) is 2.80. The van der Waals surface area contributed by atoms with Crippen molar-refractivity contribution in [3.8, 4) is 0 Å². The van der Waals surface area contributed by atoms with Gasteiger partial charge in [-0.2, -0.15) is 0 Å². The van der Waals surface area contributed by atoms with Crippen LogP contribution in [0.3, 0.4) is 0 Å². The molecular formula is C16H27N3. The molecule has 1 unspecified atom stereocenters. The molecule has 0 aromatic heterocycles. The number of hydrogen-bond acceptors (Lipinski definition) is 3. The molecule has 0 spiro atoms. The van der Waals surface area contributed by atoms with Gasteiger partial charge in [0.15, 0.2) is 0 Å². The summed E-state index contributed by atoms with van der Waals surface area (Å²) in [6, 6.07) is 9.77. The van der Waals surface area contributed by atoms with E-state index in [9.17, 15) is 0 Å². The molecule has 2 rings (SSSR count). The largest absolute Gasteiger partial charge is 0.313 e. The van der Waals surface area contributed by atoms with Crippen LogP contribution in [-0.2, 0) is 13.1 Å². The van der Waals surface area contributed by atoms with Gasteiger partial charge in [-0.15, -0.1) is 0 Å². The number of likely N-dealkylation sites (N-methyl/N-ethyl adjacent to an activating group) is 1. The zero-order valence-electron chi connectivity index (χ0n) is 12.5. The van der Waals surface area contributed by atoms with Crippen LogP contribution >= 0.6 is 0 Å². The smallest absolute Gasteiger partial charge is 0.0234 e. The first-order valence-electron chi connectivity index (χ1n) is 7.36. The Kier molecular flexibility index (Phi) is 5.37. The Morgan fingerprint density at radius 3 is 2.47 bits per heavy atom. The second kappa shape index (κ2) is 7.04. The second-order valence-corrected chi connectivity index (χ2v) is 5.74. The number of hydrogen-bond donors (Lipinski definition) is 1. The van der Waals surface area contributed by atoms with E-state index in [1.54, 1.807) is 0 Å². The van der Waals surface area contributed by atoms with E-state index in [-0.39, 0.29) is 0 Å². The Hall–Kier alpha value is -0.900. The van der Waals surface area contributed by atoms with Crippen molar-refractivity contribution in [1.29, 1.82) is 0 Å². The average Bonchev–Trinajstić information content (AvgIpc) is 2.87. The third-order valence-corrected chi connectivity index (χ3v) is 3.99. The summed E-state index contributed by atoms with van der Waals surface area (Å²) in [5, 5.41) is 3.36. The maximum Gasteiger partial charge on any atom is 0.0234 e. The lowest BCUT2D eigenvalue weighted by atomic mass is 10.1. The van der Waals surface area contributed by atoms with Crippen LogP contribution in [-0.4, -0.2) is 49.6 Å². The van der Waals surface area contributed by atoms with Gasteiger partial charge >= 0.3 is 0 Å². The van der Waals surface area contributed by atoms with Crippen molar-refractivity contribution in [3.63, 3.8) is 0 Å². The summed E-state index contributed by atoms with van der Waals surface area (Å²) in [4.78, 5) is 4.91. The lowest BCUT2D eigenvalue weighted by Crippen LogP contribution is -2.31. The summed E-state index contributed by atoms with van der Waals surface area (Å²) in [6.45, 7) is 7.66. The molecular weight excluding hydrogens is 234 g/mol. The molecule has 0 aliphatic carbocycles. The fourth-order valence-corrected chi connectivity index (χ4v) is 2.67. The minimum Gasteiger partial charge on any atom is -0.313 e. The Morgan fingerprint density at radius 1 is 1.21 bits per heavy atom. The average molecular weight is 261 g/mol. The Morgan fingerprint density at radius 2 is 1.89 bits per heavy atom. The van der Waals surface area contributed by atoms with E-state index >= 15 is 0 Å². The maximum atomic E-state index is 3.36. The van der Waals surface area contributed by atoms with Crippen LogP contribution in [0.15, 0.2) is 24.3 Å². The predicted molar refractivity (Wildman–Crippen MR) is 81.2 cm³/mol. The number of rotatable bonds is 6. The van der Waals surface area contributed by atoms with Gasteiger partial charge in [0.25, 0.3) is 0 Å². The number of nitrogens with zero attached hydrogens (tertiary/aromatic N) is 2. The van der Waals surface area contributed by atoms with Gasteiger partial charge in [-0.05, 0) is 38.2 Å². The molecule has 0 radical (unpaired) electrons. The molecule has 1 N–H and O–H groups in total. The second-order valence-electron chi connectivity index (χ2n) is 5.74. The number of nitrogens with one attached hydrogen (secondary N) is 1. The van der Waals surface area contributed by atoms with E-state index in [4.69, 9.17) is 0 Å². The summed E-state index contributed by atoms with van der Waals surface area (Å²) in [6.07, 6.45) is 1.30. The Labute approximate surface area is 117 Å². The van der Waals surface area contributed by atoms with Crippen molar-refractivity contribution in [3.05, 3.63) is 35.4 Å². The summed E-state index contributed by atoms with van der Waals surface area (Å²) in [7, 11) is 4.37. The third kappa shape index (κ3) is 4.30. The highest BCUT2D eigenvalue weighted by atomic mass is 15.2. The van der Waals surface area contributed by atoms with Gasteiger partial charge in [-0.3, -0.25) is 4.90 Å². The lowest BCUT2D eigenvalue weighted by Gasteiger charge is -2.20. The molecule has 1 aliphatic rings. The molecule has 0 bridgehead atoms. The summed E-state index contributed by atoms with van der Waals surface area (Å²) < 4.78 is 0. The van der Waals surface area contributed by atoms with Crippen molar-refractivity contribution < 1.29 is 0 Å². The number of benzene rings is 1. The summed E-state index contributed by atoms with van der Waals surface area (Å²) in [5.74, 6) is 0. The highest BCUT2D eigenvalue weighted by molar-refractivity contribution is 5.22. The molecule has 3 heteroatoms. The molecule has 19 heavy (non-hydrogen) atoms. The van der Waals surface area contributed by atoms with Gasteiger partial charge in [0.05, 0.1) is 0 Å². The van der Waals surface area contributed by atoms with Crippen LogP contribution in [0.2, 0.25) is 0 Å². The van der Waals surface area contributed by atoms with Gasteiger partial charge in [-0.25, -0.2) is 0 Å². The molecule has 1 fully saturated rings. The SMILES string of the molecule is CCNCc1ccc(CN2CCC(N(C)C)C2)cc1. The summed E-state index contributed by atoms with van der Waals surface area (Å²) >= 11 is 0. The molecule has 1 aromatic carbocycles. The monoisotopic (exact) mass is 261 g/mol. The molecule has 1 atom stereocenters. The first-order valence-corrected chi connectivity index (χ1v) is 7.36. The van der Waals surface area contributed by atoms with Gasteiger partial charge in [0.2, 0.25) is 0 Å². The molecule has 0 saturated carbocycles. The third-order valence-electron chi connectivity index (χ3n) is 3.99. The zero-order chi connectivity index (χ0) is 13.7. The highest BCUT2D eigenvalue weighted by Crippen LogP contribution is 2.16. The minimum atomic E-state index is 0.730. The fourth-order valence-electron chi connectivity index (χ4n) is 2.67. The van der Waals surface area contributed by atoms with Crippen LogP contribution in [0.5, 0.6) is 0 Å². The predicted octanol–water partition coefficient (Wildman–Crippen LogP) is 1.93. The van der Waals surface area contributed by atoms with Crippen molar-refractivity contribution in [2.24, 2.45) is 0 Å². The topological polar surface area (TPSA) is 18.5 Å². The highest BCUT2D eigenvalue weighted by Gasteiger charge is 2.23. The lowest BCUT2D eigenvalue weighted by molar-refractivity contribution is 0.264. The van der Waals surface area contributed by atoms with E-state index in [0.29, 0.717) is 0 Å². The van der Waals surface area contributed by atoms with Crippen LogP contribution in [0, 0.1) is 0 Å². The van der Waals surface area contributed by atoms with Crippen molar-refractivity contribution >= 4 is 0 Å². The van der Waals surface area contributed by atoms with Gasteiger partial charge in [-0.1, -0.05) is 31.2 Å². The molecule has 1 heterocycles. The molecule has 0 amide bonds. The van der Waals surface area contributed by atoms with Crippen molar-refractivity contribution in [2.45, 2.75) is 32.5 Å². The Balaban J connectivity index is 1.83. The van der Waals surface area contributed by atoms with E-state index in [1.165, 1.54) is 30.6 Å². The maximum absolute atomic E-state index is 3.36. The first kappa shape index (κ1) is 14.5. The van der Waals surface area contributed by atoms with Gasteiger partial charge in [0.1, 0.15) is 0 Å². The molecule has 1 aromatic rings. The normalized spacial score (nSPS) is 20.3. The minimum absolute atomic E-state index is 0.730. The van der Waals surface area contributed by atoms with Crippen LogP contribution in [0.1, 0.15) is 24.5 Å². The van der Waals surface area contributed by atoms with Crippen LogP contribution < -0.4 is 5.32 Å². The molecule has 1 saturated heterocycles. The molecule has 1 aliphatic heterocycles. The van der Waals surface area contributed by atoms with Crippen LogP contribution in [0.4, 0.5) is 0 Å². The first-order chi connectivity index (χ1) is 9.19. The number of likely N-dealkylation sites (tertiary alicyclic amines) is 1. The standard InChI is InChI=1S/C16H27N3/c1-4-17-11-14-5-7-15(8-6-14)12-19-10-9-16(13-19)18(2)3/h5-8,16-17H,4,9-13H2,1-3H3. The van der Waals surface area contributed by atoms with E-state index in [0.717, 1.165) is 25.7 Å².